The predicted molar refractivity (Wildman–Crippen MR) is 81.9 cm³/mol. The summed E-state index contributed by atoms with van der Waals surface area (Å²) in [6.07, 6.45) is -0.283. The van der Waals surface area contributed by atoms with E-state index in [4.69, 9.17) is 14.2 Å². The molecule has 0 unspecified atom stereocenters. The molecule has 0 aromatic heterocycles. The Labute approximate surface area is 134 Å². The lowest BCUT2D eigenvalue weighted by molar-refractivity contribution is 0.0733. The molecule has 7 nitrogen and oxygen atoms in total. The summed E-state index contributed by atoms with van der Waals surface area (Å²) in [5.41, 5.74) is 0.613. The van der Waals surface area contributed by atoms with Gasteiger partial charge in [0.15, 0.2) is 17.3 Å². The zero-order chi connectivity index (χ0) is 16.2. The molecule has 1 amide bonds. The predicted octanol–water partition coefficient (Wildman–Crippen LogP) is 1.37. The SMILES string of the molecule is CCOC(=O)N1CCN(CC(=O)c2ccc3c(c2)OCO3)CC1. The summed E-state index contributed by atoms with van der Waals surface area (Å²) in [4.78, 5) is 27.8. The zero-order valence-electron chi connectivity index (χ0n) is 13.1. The Bertz CT molecular complexity index is 596. The topological polar surface area (TPSA) is 68.3 Å². The first-order chi connectivity index (χ1) is 11.2. The Morgan fingerprint density at radius 3 is 2.61 bits per heavy atom. The molecule has 1 aromatic carbocycles. The number of carbonyl (C=O) groups is 2. The van der Waals surface area contributed by atoms with Crippen LogP contribution in [0.15, 0.2) is 18.2 Å². The van der Waals surface area contributed by atoms with E-state index in [1.54, 1.807) is 30.0 Å². The number of nitrogens with zero attached hydrogens (tertiary/aromatic N) is 2. The molecule has 124 valence electrons. The number of Topliss-reactive ketones (excluding diaryl/α,β-unsaturated/α-hetero) is 1. The molecule has 1 fully saturated rings. The van der Waals surface area contributed by atoms with Crippen molar-refractivity contribution in [2.24, 2.45) is 0 Å². The van der Waals surface area contributed by atoms with Crippen LogP contribution in [-0.2, 0) is 4.74 Å². The molecule has 7 heteroatoms. The van der Waals surface area contributed by atoms with E-state index >= 15 is 0 Å². The van der Waals surface area contributed by atoms with Crippen molar-refractivity contribution < 1.29 is 23.8 Å². The Morgan fingerprint density at radius 2 is 1.87 bits per heavy atom. The highest BCUT2D eigenvalue weighted by Crippen LogP contribution is 2.32. The summed E-state index contributed by atoms with van der Waals surface area (Å²) >= 11 is 0. The van der Waals surface area contributed by atoms with Gasteiger partial charge < -0.3 is 19.1 Å². The maximum absolute atomic E-state index is 12.4. The van der Waals surface area contributed by atoms with Crippen molar-refractivity contribution in [3.8, 4) is 11.5 Å². The van der Waals surface area contributed by atoms with Gasteiger partial charge in [-0.25, -0.2) is 4.79 Å². The minimum absolute atomic E-state index is 0.0351. The molecule has 0 spiro atoms. The number of hydrogen-bond donors (Lipinski definition) is 0. The Hall–Kier alpha value is -2.28. The Morgan fingerprint density at radius 1 is 1.13 bits per heavy atom. The second kappa shape index (κ2) is 6.87. The molecule has 1 saturated heterocycles. The van der Waals surface area contributed by atoms with E-state index in [0.29, 0.717) is 56.4 Å². The van der Waals surface area contributed by atoms with Crippen molar-refractivity contribution in [2.45, 2.75) is 6.92 Å². The van der Waals surface area contributed by atoms with E-state index in [0.717, 1.165) is 0 Å². The fourth-order valence-electron chi connectivity index (χ4n) is 2.67. The Kier molecular flexibility index (Phi) is 4.66. The lowest BCUT2D eigenvalue weighted by Gasteiger charge is -2.33. The van der Waals surface area contributed by atoms with Gasteiger partial charge in [0, 0.05) is 31.7 Å². The molecule has 0 N–H and O–H groups in total. The van der Waals surface area contributed by atoms with Gasteiger partial charge in [0.25, 0.3) is 0 Å². The van der Waals surface area contributed by atoms with Crippen LogP contribution in [0.4, 0.5) is 4.79 Å². The number of hydrogen-bond acceptors (Lipinski definition) is 6. The van der Waals surface area contributed by atoms with Crippen molar-refractivity contribution in [1.29, 1.82) is 0 Å². The van der Waals surface area contributed by atoms with Gasteiger partial charge in [0.1, 0.15) is 0 Å². The number of piperazine rings is 1. The first-order valence-electron chi connectivity index (χ1n) is 7.74. The monoisotopic (exact) mass is 320 g/mol. The first kappa shape index (κ1) is 15.6. The summed E-state index contributed by atoms with van der Waals surface area (Å²) < 4.78 is 15.5. The third kappa shape index (κ3) is 3.56. The number of carbonyl (C=O) groups excluding carboxylic acids is 2. The van der Waals surface area contributed by atoms with Crippen LogP contribution in [0.3, 0.4) is 0 Å². The third-order valence-corrected chi connectivity index (χ3v) is 3.96. The highest BCUT2D eigenvalue weighted by atomic mass is 16.7. The van der Waals surface area contributed by atoms with Crippen LogP contribution >= 0.6 is 0 Å². The molecular formula is C16H20N2O5. The highest BCUT2D eigenvalue weighted by molar-refractivity contribution is 5.98. The molecule has 3 rings (SSSR count). The minimum atomic E-state index is -0.283. The molecule has 2 aliphatic rings. The number of amides is 1. The number of ether oxygens (including phenoxy) is 3. The van der Waals surface area contributed by atoms with Crippen molar-refractivity contribution in [1.82, 2.24) is 9.80 Å². The molecule has 0 bridgehead atoms. The van der Waals surface area contributed by atoms with Gasteiger partial charge in [-0.15, -0.1) is 0 Å². The second-order valence-electron chi connectivity index (χ2n) is 5.45. The molecule has 23 heavy (non-hydrogen) atoms. The second-order valence-corrected chi connectivity index (χ2v) is 5.45. The normalized spacial score (nSPS) is 17.2. The molecule has 0 atom stereocenters. The summed E-state index contributed by atoms with van der Waals surface area (Å²) in [5.74, 6) is 1.32. The van der Waals surface area contributed by atoms with Crippen LogP contribution in [0.5, 0.6) is 11.5 Å². The van der Waals surface area contributed by atoms with Crippen LogP contribution in [0.1, 0.15) is 17.3 Å². The van der Waals surface area contributed by atoms with Crippen LogP contribution in [0.25, 0.3) is 0 Å². The Balaban J connectivity index is 1.52. The number of fused-ring (bicyclic) bond motifs is 1. The lowest BCUT2D eigenvalue weighted by atomic mass is 10.1. The molecule has 0 saturated carbocycles. The maximum atomic E-state index is 12.4. The standard InChI is InChI=1S/C16H20N2O5/c1-2-21-16(20)18-7-5-17(6-8-18)10-13(19)12-3-4-14-15(9-12)23-11-22-14/h3-4,9H,2,5-8,10-11H2,1H3. The molecule has 0 aliphatic carbocycles. The zero-order valence-corrected chi connectivity index (χ0v) is 13.1. The average molecular weight is 320 g/mol. The molecule has 2 aliphatic heterocycles. The lowest BCUT2D eigenvalue weighted by Crippen LogP contribution is -2.50. The quantitative estimate of drug-likeness (QED) is 0.781. The van der Waals surface area contributed by atoms with Gasteiger partial charge in [0.05, 0.1) is 13.2 Å². The van der Waals surface area contributed by atoms with Crippen molar-refractivity contribution >= 4 is 11.9 Å². The van der Waals surface area contributed by atoms with Crippen LogP contribution in [-0.4, -0.2) is 67.8 Å². The average Bonchev–Trinajstić information content (AvgIpc) is 3.03. The molecule has 0 radical (unpaired) electrons. The van der Waals surface area contributed by atoms with Gasteiger partial charge in [-0.05, 0) is 25.1 Å². The molecule has 2 heterocycles. The van der Waals surface area contributed by atoms with Crippen molar-refractivity contribution in [3.63, 3.8) is 0 Å². The van der Waals surface area contributed by atoms with Crippen molar-refractivity contribution in [3.05, 3.63) is 23.8 Å². The van der Waals surface area contributed by atoms with Gasteiger partial charge in [-0.1, -0.05) is 0 Å². The van der Waals surface area contributed by atoms with Crippen LogP contribution in [0.2, 0.25) is 0 Å². The first-order valence-corrected chi connectivity index (χ1v) is 7.74. The van der Waals surface area contributed by atoms with Crippen LogP contribution < -0.4 is 9.47 Å². The van der Waals surface area contributed by atoms with Gasteiger partial charge in [-0.2, -0.15) is 0 Å². The van der Waals surface area contributed by atoms with Gasteiger partial charge >= 0.3 is 6.09 Å². The molecular weight excluding hydrogens is 300 g/mol. The maximum Gasteiger partial charge on any atom is 0.409 e. The van der Waals surface area contributed by atoms with E-state index in [1.165, 1.54) is 0 Å². The largest absolute Gasteiger partial charge is 0.454 e. The highest BCUT2D eigenvalue weighted by Gasteiger charge is 2.24. The summed E-state index contributed by atoms with van der Waals surface area (Å²) in [6, 6.07) is 5.23. The van der Waals surface area contributed by atoms with Gasteiger partial charge in [-0.3, -0.25) is 9.69 Å². The third-order valence-electron chi connectivity index (χ3n) is 3.96. The summed E-state index contributed by atoms with van der Waals surface area (Å²) in [6.45, 7) is 5.17. The van der Waals surface area contributed by atoms with E-state index in [1.807, 2.05) is 4.90 Å². The summed E-state index contributed by atoms with van der Waals surface area (Å²) in [5, 5.41) is 0. The number of benzene rings is 1. The van der Waals surface area contributed by atoms with Gasteiger partial charge in [0.2, 0.25) is 6.79 Å². The summed E-state index contributed by atoms with van der Waals surface area (Å²) in [7, 11) is 0. The minimum Gasteiger partial charge on any atom is -0.454 e. The fourth-order valence-corrected chi connectivity index (χ4v) is 2.67. The number of rotatable bonds is 4. The smallest absolute Gasteiger partial charge is 0.409 e. The van der Waals surface area contributed by atoms with E-state index < -0.39 is 0 Å². The number of ketones is 1. The van der Waals surface area contributed by atoms with E-state index in [-0.39, 0.29) is 18.7 Å². The van der Waals surface area contributed by atoms with Crippen LogP contribution in [0, 0.1) is 0 Å². The fraction of sp³-hybridized carbons (Fsp3) is 0.500. The molecule has 1 aromatic rings. The van der Waals surface area contributed by atoms with E-state index in [9.17, 15) is 9.59 Å². The van der Waals surface area contributed by atoms with Crippen molar-refractivity contribution in [2.75, 3.05) is 46.1 Å². The van der Waals surface area contributed by atoms with E-state index in [2.05, 4.69) is 0 Å².